The number of carbonyl (C=O) groups excluding carboxylic acids is 1. The fourth-order valence-electron chi connectivity index (χ4n) is 3.63. The van der Waals surface area contributed by atoms with Gasteiger partial charge in [-0.1, -0.05) is 32.9 Å². The highest BCUT2D eigenvalue weighted by molar-refractivity contribution is 6.00. The first-order valence-corrected chi connectivity index (χ1v) is 8.97. The van der Waals surface area contributed by atoms with E-state index in [4.69, 9.17) is 5.73 Å². The van der Waals surface area contributed by atoms with Gasteiger partial charge in [-0.05, 0) is 42.9 Å². The Bertz CT molecular complexity index is 772. The predicted molar refractivity (Wildman–Crippen MR) is 101 cm³/mol. The predicted octanol–water partition coefficient (Wildman–Crippen LogP) is 3.62. The number of nitrogens with zero attached hydrogens (tertiary/aromatic N) is 2. The normalized spacial score (nSPS) is 18.4. The van der Waals surface area contributed by atoms with E-state index in [-0.39, 0.29) is 17.2 Å². The number of carbonyl (C=O) groups is 1. The number of likely N-dealkylation sites (tertiary alicyclic amines) is 1. The van der Waals surface area contributed by atoms with E-state index in [0.29, 0.717) is 17.8 Å². The Hall–Kier alpha value is -2.30. The average molecular weight is 340 g/mol. The van der Waals surface area contributed by atoms with E-state index in [0.717, 1.165) is 36.3 Å². The number of benzene rings is 1. The number of nitrogens with two attached hydrogens (primary N) is 1. The Kier molecular flexibility index (Phi) is 4.58. The van der Waals surface area contributed by atoms with Crippen molar-refractivity contribution in [3.63, 3.8) is 0 Å². The fourth-order valence-corrected chi connectivity index (χ4v) is 3.63. The molecule has 134 valence electrons. The van der Waals surface area contributed by atoms with Gasteiger partial charge in [-0.15, -0.1) is 0 Å². The van der Waals surface area contributed by atoms with E-state index >= 15 is 0 Å². The molecule has 2 aromatic rings. The Morgan fingerprint density at radius 1 is 1.36 bits per heavy atom. The van der Waals surface area contributed by atoms with E-state index in [1.807, 2.05) is 30.0 Å². The summed E-state index contributed by atoms with van der Waals surface area (Å²) in [6, 6.07) is 7.86. The smallest absolute Gasteiger partial charge is 0.255 e. The molecule has 0 bridgehead atoms. The van der Waals surface area contributed by atoms with Crippen LogP contribution in [-0.4, -0.2) is 34.1 Å². The molecular weight excluding hydrogens is 312 g/mol. The topological polar surface area (TPSA) is 75.0 Å². The molecule has 5 nitrogen and oxygen atoms in total. The first-order valence-electron chi connectivity index (χ1n) is 8.97. The van der Waals surface area contributed by atoms with Crippen LogP contribution in [0.2, 0.25) is 0 Å². The zero-order valence-electron chi connectivity index (χ0n) is 15.6. The average Bonchev–Trinajstić information content (AvgIpc) is 3.00. The molecule has 1 aliphatic rings. The van der Waals surface area contributed by atoms with Crippen LogP contribution in [0.4, 0.5) is 5.69 Å². The summed E-state index contributed by atoms with van der Waals surface area (Å²) in [5.74, 6) is 0.315. The van der Waals surface area contributed by atoms with Crippen molar-refractivity contribution in [1.29, 1.82) is 0 Å². The van der Waals surface area contributed by atoms with Crippen LogP contribution in [0.1, 0.15) is 66.8 Å². The van der Waals surface area contributed by atoms with Crippen LogP contribution in [0.25, 0.3) is 0 Å². The molecule has 2 heterocycles. The lowest BCUT2D eigenvalue weighted by Crippen LogP contribution is -2.39. The summed E-state index contributed by atoms with van der Waals surface area (Å²) in [4.78, 5) is 15.0. The molecule has 1 aromatic heterocycles. The number of H-pyrrole nitrogens is 1. The number of para-hydroxylation sites is 1. The minimum absolute atomic E-state index is 0.0283. The van der Waals surface area contributed by atoms with Crippen molar-refractivity contribution < 1.29 is 4.79 Å². The lowest BCUT2D eigenvalue weighted by Gasteiger charge is -2.33. The van der Waals surface area contributed by atoms with Crippen molar-refractivity contribution in [2.75, 3.05) is 18.8 Å². The zero-order chi connectivity index (χ0) is 18.2. The molecule has 5 heteroatoms. The van der Waals surface area contributed by atoms with Crippen LogP contribution in [0.15, 0.2) is 24.3 Å². The van der Waals surface area contributed by atoms with Crippen molar-refractivity contribution in [1.82, 2.24) is 15.1 Å². The molecule has 0 saturated carbocycles. The molecule has 3 N–H and O–H groups in total. The second-order valence-corrected chi connectivity index (χ2v) is 8.08. The maximum atomic E-state index is 13.1. The Balaban J connectivity index is 1.83. The van der Waals surface area contributed by atoms with E-state index in [1.165, 1.54) is 0 Å². The quantitative estimate of drug-likeness (QED) is 0.820. The molecule has 0 aliphatic carbocycles. The summed E-state index contributed by atoms with van der Waals surface area (Å²) in [6.07, 6.45) is 2.05. The number of rotatable bonds is 2. The van der Waals surface area contributed by atoms with Crippen molar-refractivity contribution in [2.45, 2.75) is 51.9 Å². The second-order valence-electron chi connectivity index (χ2n) is 8.08. The number of aryl methyl sites for hydroxylation is 1. The summed E-state index contributed by atoms with van der Waals surface area (Å²) >= 11 is 0. The van der Waals surface area contributed by atoms with E-state index in [9.17, 15) is 4.79 Å². The number of nitrogens with one attached hydrogen (secondary N) is 1. The minimum atomic E-state index is -0.0859. The molecule has 1 saturated heterocycles. The monoisotopic (exact) mass is 340 g/mol. The van der Waals surface area contributed by atoms with Crippen molar-refractivity contribution >= 4 is 11.6 Å². The summed E-state index contributed by atoms with van der Waals surface area (Å²) in [6.45, 7) is 9.82. The van der Waals surface area contributed by atoms with Crippen molar-refractivity contribution in [3.05, 3.63) is 46.8 Å². The first-order chi connectivity index (χ1) is 11.8. The van der Waals surface area contributed by atoms with Gasteiger partial charge in [0, 0.05) is 30.4 Å². The van der Waals surface area contributed by atoms with Gasteiger partial charge in [-0.2, -0.15) is 5.10 Å². The number of nitrogen functional groups attached to an aromatic ring is 1. The SMILES string of the molecule is Cc1cc(C2CCCN(C(=O)c3cccc(C(C)(C)C)c3N)C2)n[nH]1. The van der Waals surface area contributed by atoms with E-state index in [2.05, 4.69) is 37.0 Å². The first kappa shape index (κ1) is 17.5. The molecule has 1 aromatic carbocycles. The highest BCUT2D eigenvalue weighted by Gasteiger charge is 2.29. The highest BCUT2D eigenvalue weighted by Crippen LogP contribution is 2.32. The molecule has 0 spiro atoms. The fraction of sp³-hybridized carbons (Fsp3) is 0.500. The maximum Gasteiger partial charge on any atom is 0.255 e. The Morgan fingerprint density at radius 2 is 2.12 bits per heavy atom. The Labute approximate surface area is 149 Å². The molecule has 1 fully saturated rings. The van der Waals surface area contributed by atoms with Gasteiger partial charge in [-0.25, -0.2) is 0 Å². The number of aromatic nitrogens is 2. The van der Waals surface area contributed by atoms with Crippen LogP contribution in [0.3, 0.4) is 0 Å². The zero-order valence-corrected chi connectivity index (χ0v) is 15.6. The van der Waals surface area contributed by atoms with Crippen LogP contribution in [0.5, 0.6) is 0 Å². The van der Waals surface area contributed by atoms with Gasteiger partial charge >= 0.3 is 0 Å². The lowest BCUT2D eigenvalue weighted by molar-refractivity contribution is 0.0707. The van der Waals surface area contributed by atoms with Gasteiger partial charge in [0.2, 0.25) is 0 Å². The molecule has 1 atom stereocenters. The number of aromatic amines is 1. The number of piperidine rings is 1. The molecule has 3 rings (SSSR count). The molecule has 1 unspecified atom stereocenters. The number of amides is 1. The number of hydrogen-bond acceptors (Lipinski definition) is 3. The molecule has 1 aliphatic heterocycles. The van der Waals surface area contributed by atoms with E-state index < -0.39 is 0 Å². The van der Waals surface area contributed by atoms with Gasteiger partial charge in [0.25, 0.3) is 5.91 Å². The third-order valence-electron chi connectivity index (χ3n) is 5.00. The Morgan fingerprint density at radius 3 is 2.76 bits per heavy atom. The molecule has 0 radical (unpaired) electrons. The number of anilines is 1. The third kappa shape index (κ3) is 3.55. The van der Waals surface area contributed by atoms with Crippen LogP contribution < -0.4 is 5.73 Å². The highest BCUT2D eigenvalue weighted by atomic mass is 16.2. The van der Waals surface area contributed by atoms with Gasteiger partial charge in [-0.3, -0.25) is 9.89 Å². The van der Waals surface area contributed by atoms with Crippen molar-refractivity contribution in [3.8, 4) is 0 Å². The molecule has 1 amide bonds. The minimum Gasteiger partial charge on any atom is -0.398 e. The summed E-state index contributed by atoms with van der Waals surface area (Å²) in [5.41, 5.74) is 10.6. The largest absolute Gasteiger partial charge is 0.398 e. The maximum absolute atomic E-state index is 13.1. The van der Waals surface area contributed by atoms with Crippen LogP contribution in [0, 0.1) is 6.92 Å². The number of hydrogen-bond donors (Lipinski definition) is 2. The summed E-state index contributed by atoms with van der Waals surface area (Å²) in [7, 11) is 0. The van der Waals surface area contributed by atoms with E-state index in [1.54, 1.807) is 0 Å². The van der Waals surface area contributed by atoms with Crippen molar-refractivity contribution in [2.24, 2.45) is 0 Å². The van der Waals surface area contributed by atoms with Crippen LogP contribution in [-0.2, 0) is 5.41 Å². The van der Waals surface area contributed by atoms with Gasteiger partial charge < -0.3 is 10.6 Å². The van der Waals surface area contributed by atoms with Gasteiger partial charge in [0.1, 0.15) is 0 Å². The second kappa shape index (κ2) is 6.54. The lowest BCUT2D eigenvalue weighted by atomic mass is 9.84. The van der Waals surface area contributed by atoms with Gasteiger partial charge in [0.15, 0.2) is 0 Å². The standard InChI is InChI=1S/C20H28N4O/c1-13-11-17(23-22-13)14-7-6-10-24(12-14)19(25)15-8-5-9-16(18(15)21)20(2,3)4/h5,8-9,11,14H,6-7,10,12,21H2,1-4H3,(H,22,23). The summed E-state index contributed by atoms with van der Waals surface area (Å²) < 4.78 is 0. The third-order valence-corrected chi connectivity index (χ3v) is 5.00. The molecular formula is C20H28N4O. The van der Waals surface area contributed by atoms with Crippen LogP contribution >= 0.6 is 0 Å². The molecule has 25 heavy (non-hydrogen) atoms. The van der Waals surface area contributed by atoms with Gasteiger partial charge in [0.05, 0.1) is 11.3 Å². The summed E-state index contributed by atoms with van der Waals surface area (Å²) in [5, 5.41) is 7.38.